The average Bonchev–Trinajstić information content (AvgIpc) is 3.20. The lowest BCUT2D eigenvalue weighted by Gasteiger charge is -2.26. The number of aryl methyl sites for hydroxylation is 1. The van der Waals surface area contributed by atoms with Gasteiger partial charge in [-0.05, 0) is 44.9 Å². The first-order chi connectivity index (χ1) is 17.6. The van der Waals surface area contributed by atoms with Crippen LogP contribution in [0.25, 0.3) is 11.3 Å². The number of hydrogen-bond donors (Lipinski definition) is 2. The molecule has 1 saturated carbocycles. The third-order valence-corrected chi connectivity index (χ3v) is 6.77. The van der Waals surface area contributed by atoms with E-state index in [1.807, 2.05) is 13.8 Å². The molecule has 8 nitrogen and oxygen atoms in total. The molecule has 2 N–H and O–H groups in total. The number of hydrogen-bond acceptors (Lipinski definition) is 6. The van der Waals surface area contributed by atoms with E-state index in [4.69, 9.17) is 4.74 Å². The van der Waals surface area contributed by atoms with Crippen LogP contribution in [0.2, 0.25) is 0 Å². The molecule has 37 heavy (non-hydrogen) atoms. The molecule has 0 bridgehead atoms. The molecule has 206 valence electrons. The van der Waals surface area contributed by atoms with Crippen molar-refractivity contribution in [3.05, 3.63) is 23.5 Å². The molecule has 3 rings (SSSR count). The molecule has 11 heteroatoms. The van der Waals surface area contributed by atoms with E-state index in [-0.39, 0.29) is 12.5 Å². The van der Waals surface area contributed by atoms with Crippen molar-refractivity contribution in [2.24, 2.45) is 11.8 Å². The van der Waals surface area contributed by atoms with Crippen molar-refractivity contribution in [3.63, 3.8) is 0 Å². The number of amides is 1. The van der Waals surface area contributed by atoms with Crippen LogP contribution in [0.5, 0.6) is 5.75 Å². The normalized spacial score (nSPS) is 18.0. The topological polar surface area (TPSA) is 90.3 Å². The fourth-order valence-electron chi connectivity index (χ4n) is 4.65. The van der Waals surface area contributed by atoms with Crippen LogP contribution in [-0.2, 0) is 11.3 Å². The highest BCUT2D eigenvalue weighted by Crippen LogP contribution is 2.35. The van der Waals surface area contributed by atoms with Gasteiger partial charge in [-0.25, -0.2) is 4.98 Å². The van der Waals surface area contributed by atoms with Gasteiger partial charge in [-0.1, -0.05) is 19.8 Å². The van der Waals surface area contributed by atoms with E-state index in [1.54, 1.807) is 24.1 Å². The van der Waals surface area contributed by atoms with Crippen molar-refractivity contribution in [1.29, 1.82) is 0 Å². The first-order valence-electron chi connectivity index (χ1n) is 12.9. The molecule has 2 aromatic heterocycles. The summed E-state index contributed by atoms with van der Waals surface area (Å²) in [4.78, 5) is 17.5. The first-order valence-corrected chi connectivity index (χ1v) is 12.9. The molecule has 0 aliphatic heterocycles. The minimum atomic E-state index is -4.32. The van der Waals surface area contributed by atoms with Gasteiger partial charge in [0, 0.05) is 44.1 Å². The number of pyridine rings is 1. The van der Waals surface area contributed by atoms with Crippen molar-refractivity contribution in [1.82, 2.24) is 20.1 Å². The van der Waals surface area contributed by atoms with Gasteiger partial charge in [-0.3, -0.25) is 9.48 Å². The maximum absolute atomic E-state index is 13.0. The zero-order valence-corrected chi connectivity index (χ0v) is 22.1. The standard InChI is InChI=1S/C26H38F3N5O3/c1-5-34-24(18(3)23(33-34)25(35)32-14-19-9-7-17(2)8-10-19)20-15-31-22(13-21(20)36-4)30-11-6-12-37-16-26(27,28)29/h13,15,17,19H,5-12,14,16H2,1-4H3,(H,30,31)(H,32,35). The van der Waals surface area contributed by atoms with Crippen molar-refractivity contribution in [2.75, 3.05) is 38.7 Å². The van der Waals surface area contributed by atoms with E-state index in [2.05, 4.69) is 32.4 Å². The number of rotatable bonds is 12. The van der Waals surface area contributed by atoms with Gasteiger partial charge in [0.1, 0.15) is 18.2 Å². The Balaban J connectivity index is 1.66. The summed E-state index contributed by atoms with van der Waals surface area (Å²) in [6.45, 7) is 6.45. The highest BCUT2D eigenvalue weighted by atomic mass is 19.4. The second-order valence-electron chi connectivity index (χ2n) is 9.69. The number of aromatic nitrogens is 3. The number of alkyl halides is 3. The van der Waals surface area contributed by atoms with Crippen molar-refractivity contribution >= 4 is 11.7 Å². The van der Waals surface area contributed by atoms with Gasteiger partial charge < -0.3 is 20.1 Å². The SMILES string of the molecule is CCn1nc(C(=O)NCC2CCC(C)CC2)c(C)c1-c1cnc(NCCCOCC(F)(F)F)cc1OC. The predicted molar refractivity (Wildman–Crippen MR) is 136 cm³/mol. The largest absolute Gasteiger partial charge is 0.496 e. The van der Waals surface area contributed by atoms with Crippen molar-refractivity contribution < 1.29 is 27.4 Å². The third kappa shape index (κ3) is 8.08. The molecule has 0 aromatic carbocycles. The zero-order chi connectivity index (χ0) is 27.0. The molecule has 1 amide bonds. The summed E-state index contributed by atoms with van der Waals surface area (Å²) in [5.74, 6) is 2.17. The summed E-state index contributed by atoms with van der Waals surface area (Å²) < 4.78 is 48.5. The molecular weight excluding hydrogens is 487 g/mol. The van der Waals surface area contributed by atoms with Crippen LogP contribution in [0.3, 0.4) is 0 Å². The van der Waals surface area contributed by atoms with Crippen LogP contribution in [0.1, 0.15) is 62.0 Å². The van der Waals surface area contributed by atoms with Gasteiger partial charge in [0.05, 0.1) is 18.4 Å². The lowest BCUT2D eigenvalue weighted by atomic mass is 9.83. The molecule has 1 aliphatic rings. The van der Waals surface area contributed by atoms with E-state index in [9.17, 15) is 18.0 Å². The van der Waals surface area contributed by atoms with Gasteiger partial charge in [0.2, 0.25) is 0 Å². The summed E-state index contributed by atoms with van der Waals surface area (Å²) in [6, 6.07) is 1.72. The van der Waals surface area contributed by atoms with Gasteiger partial charge in [-0.15, -0.1) is 0 Å². The number of carbonyl (C=O) groups is 1. The van der Waals surface area contributed by atoms with Crippen LogP contribution < -0.4 is 15.4 Å². The number of carbonyl (C=O) groups excluding carboxylic acids is 1. The Hall–Kier alpha value is -2.82. The number of halogens is 3. The summed E-state index contributed by atoms with van der Waals surface area (Å²) in [7, 11) is 1.55. The number of anilines is 1. The van der Waals surface area contributed by atoms with E-state index in [0.717, 1.165) is 30.0 Å². The van der Waals surface area contributed by atoms with Gasteiger partial charge in [-0.2, -0.15) is 18.3 Å². The lowest BCUT2D eigenvalue weighted by Crippen LogP contribution is -2.31. The Bertz CT molecular complexity index is 1030. The average molecular weight is 526 g/mol. The molecule has 2 heterocycles. The van der Waals surface area contributed by atoms with Crippen molar-refractivity contribution in [3.8, 4) is 17.0 Å². The Morgan fingerprint density at radius 3 is 2.62 bits per heavy atom. The quantitative estimate of drug-likeness (QED) is 0.370. The third-order valence-electron chi connectivity index (χ3n) is 6.77. The molecular formula is C26H38F3N5O3. The summed E-state index contributed by atoms with van der Waals surface area (Å²) in [5, 5.41) is 10.7. The maximum Gasteiger partial charge on any atom is 0.411 e. The molecule has 1 fully saturated rings. The molecule has 0 saturated heterocycles. The molecule has 1 aliphatic carbocycles. The zero-order valence-electron chi connectivity index (χ0n) is 22.1. The Kier molecular flexibility index (Phi) is 10.2. The predicted octanol–water partition coefficient (Wildman–Crippen LogP) is 5.22. The number of methoxy groups -OCH3 is 1. The summed E-state index contributed by atoms with van der Waals surface area (Å²) in [6.07, 6.45) is 2.41. The fraction of sp³-hybridized carbons (Fsp3) is 0.654. The van der Waals surface area contributed by atoms with Crippen LogP contribution in [0, 0.1) is 18.8 Å². The number of nitrogens with one attached hydrogen (secondary N) is 2. The molecule has 2 aromatic rings. The van der Waals surface area contributed by atoms with Crippen LogP contribution in [0.15, 0.2) is 12.3 Å². The van der Waals surface area contributed by atoms with Gasteiger partial charge in [0.15, 0.2) is 5.69 Å². The summed E-state index contributed by atoms with van der Waals surface area (Å²) in [5.41, 5.74) is 2.60. The Morgan fingerprint density at radius 2 is 1.97 bits per heavy atom. The van der Waals surface area contributed by atoms with Crippen LogP contribution in [-0.4, -0.2) is 60.3 Å². The minimum absolute atomic E-state index is 0.0126. The van der Waals surface area contributed by atoms with Gasteiger partial charge >= 0.3 is 6.18 Å². The molecule has 0 unspecified atom stereocenters. The lowest BCUT2D eigenvalue weighted by molar-refractivity contribution is -0.173. The number of nitrogens with zero attached hydrogens (tertiary/aromatic N) is 3. The minimum Gasteiger partial charge on any atom is -0.496 e. The van der Waals surface area contributed by atoms with E-state index < -0.39 is 12.8 Å². The Morgan fingerprint density at radius 1 is 1.24 bits per heavy atom. The van der Waals surface area contributed by atoms with Crippen LogP contribution in [0.4, 0.5) is 19.0 Å². The Labute approximate surface area is 216 Å². The fourth-order valence-corrected chi connectivity index (χ4v) is 4.65. The smallest absolute Gasteiger partial charge is 0.411 e. The van der Waals surface area contributed by atoms with E-state index in [1.165, 1.54) is 12.8 Å². The highest BCUT2D eigenvalue weighted by molar-refractivity contribution is 5.95. The molecule has 0 atom stereocenters. The van der Waals surface area contributed by atoms with E-state index in [0.29, 0.717) is 54.8 Å². The monoisotopic (exact) mass is 525 g/mol. The first kappa shape index (κ1) is 28.7. The highest BCUT2D eigenvalue weighted by Gasteiger charge is 2.27. The second kappa shape index (κ2) is 13.1. The maximum atomic E-state index is 13.0. The van der Waals surface area contributed by atoms with Gasteiger partial charge in [0.25, 0.3) is 5.91 Å². The summed E-state index contributed by atoms with van der Waals surface area (Å²) >= 11 is 0. The second-order valence-corrected chi connectivity index (χ2v) is 9.69. The molecule has 0 radical (unpaired) electrons. The van der Waals surface area contributed by atoms with Crippen molar-refractivity contribution in [2.45, 2.75) is 65.6 Å². The molecule has 0 spiro atoms. The number of ether oxygens (including phenoxy) is 2. The van der Waals surface area contributed by atoms with E-state index >= 15 is 0 Å². The van der Waals surface area contributed by atoms with Crippen LogP contribution >= 0.6 is 0 Å².